The second-order valence-electron chi connectivity index (χ2n) is 3.75. The van der Waals surface area contributed by atoms with Gasteiger partial charge in [-0.25, -0.2) is 0 Å². The Balaban J connectivity index is 2.03. The molecule has 0 radical (unpaired) electrons. The van der Waals surface area contributed by atoms with Crippen LogP contribution >= 0.6 is 0 Å². The number of nitriles is 1. The summed E-state index contributed by atoms with van der Waals surface area (Å²) in [5.41, 5.74) is 1.21. The van der Waals surface area contributed by atoms with E-state index in [1.807, 2.05) is 4.40 Å². The number of rotatable bonds is 1. The molecule has 86 valence electrons. The molecule has 0 amide bonds. The molecule has 3 heterocycles. The molecule has 1 atom stereocenters. The van der Waals surface area contributed by atoms with Gasteiger partial charge in [0, 0.05) is 12.3 Å². The van der Waals surface area contributed by atoms with E-state index in [0.29, 0.717) is 36.9 Å². The smallest absolute Gasteiger partial charge is 0.169 e. The molecule has 1 aliphatic heterocycles. The number of pyridine rings is 1. The van der Waals surface area contributed by atoms with Crippen LogP contribution in [-0.2, 0) is 9.47 Å². The van der Waals surface area contributed by atoms with Crippen molar-refractivity contribution in [1.29, 1.82) is 5.26 Å². The highest BCUT2D eigenvalue weighted by Crippen LogP contribution is 2.19. The predicted octanol–water partition coefficient (Wildman–Crippen LogP) is 0.689. The maximum absolute atomic E-state index is 8.80. The highest BCUT2D eigenvalue weighted by Gasteiger charge is 2.22. The summed E-state index contributed by atoms with van der Waals surface area (Å²) in [4.78, 5) is 0. The Kier molecular flexibility index (Phi) is 2.48. The van der Waals surface area contributed by atoms with E-state index < -0.39 is 0 Å². The SMILES string of the molecule is N#Cc1ccn2c(C3COCCO3)nnc2c1. The van der Waals surface area contributed by atoms with Crippen LogP contribution in [-0.4, -0.2) is 34.4 Å². The van der Waals surface area contributed by atoms with E-state index in [1.54, 1.807) is 18.3 Å². The van der Waals surface area contributed by atoms with Crippen molar-refractivity contribution in [2.45, 2.75) is 6.10 Å². The Labute approximate surface area is 97.4 Å². The third-order valence-electron chi connectivity index (χ3n) is 2.67. The van der Waals surface area contributed by atoms with Gasteiger partial charge in [0.1, 0.15) is 6.10 Å². The van der Waals surface area contributed by atoms with Gasteiger partial charge in [0.2, 0.25) is 0 Å². The van der Waals surface area contributed by atoms with Gasteiger partial charge in [0.05, 0.1) is 31.5 Å². The van der Waals surface area contributed by atoms with E-state index in [-0.39, 0.29) is 6.10 Å². The highest BCUT2D eigenvalue weighted by atomic mass is 16.6. The minimum atomic E-state index is -0.188. The number of ether oxygens (including phenoxy) is 2. The number of hydrogen-bond acceptors (Lipinski definition) is 5. The number of hydrogen-bond donors (Lipinski definition) is 0. The van der Waals surface area contributed by atoms with Gasteiger partial charge in [-0.05, 0) is 6.07 Å². The summed E-state index contributed by atoms with van der Waals surface area (Å²) in [6.07, 6.45) is 1.59. The molecule has 0 aliphatic carbocycles. The third kappa shape index (κ3) is 1.75. The fraction of sp³-hybridized carbons (Fsp3) is 0.364. The average molecular weight is 230 g/mol. The Morgan fingerprint density at radius 2 is 2.35 bits per heavy atom. The van der Waals surface area contributed by atoms with Gasteiger partial charge in [-0.15, -0.1) is 10.2 Å². The van der Waals surface area contributed by atoms with E-state index >= 15 is 0 Å². The number of nitrogens with zero attached hydrogens (tertiary/aromatic N) is 4. The monoisotopic (exact) mass is 230 g/mol. The molecule has 0 spiro atoms. The van der Waals surface area contributed by atoms with Gasteiger partial charge < -0.3 is 9.47 Å². The predicted molar refractivity (Wildman–Crippen MR) is 57.2 cm³/mol. The van der Waals surface area contributed by atoms with Crippen LogP contribution in [0.15, 0.2) is 18.3 Å². The number of fused-ring (bicyclic) bond motifs is 1. The molecule has 0 bridgehead atoms. The molecule has 17 heavy (non-hydrogen) atoms. The maximum Gasteiger partial charge on any atom is 0.169 e. The first-order valence-corrected chi connectivity index (χ1v) is 5.32. The first-order chi connectivity index (χ1) is 8.38. The van der Waals surface area contributed by atoms with Gasteiger partial charge in [0.25, 0.3) is 0 Å². The lowest BCUT2D eigenvalue weighted by molar-refractivity contribution is -0.0938. The van der Waals surface area contributed by atoms with Crippen molar-refractivity contribution in [3.05, 3.63) is 29.7 Å². The van der Waals surface area contributed by atoms with E-state index in [0.717, 1.165) is 0 Å². The summed E-state index contributed by atoms with van der Waals surface area (Å²) in [6, 6.07) is 5.49. The number of aromatic nitrogens is 3. The van der Waals surface area contributed by atoms with E-state index in [1.165, 1.54) is 0 Å². The molecule has 2 aromatic rings. The van der Waals surface area contributed by atoms with Gasteiger partial charge >= 0.3 is 0 Å². The van der Waals surface area contributed by atoms with Crippen LogP contribution in [0.3, 0.4) is 0 Å². The lowest BCUT2D eigenvalue weighted by atomic mass is 10.3. The molecular formula is C11H10N4O2. The lowest BCUT2D eigenvalue weighted by Gasteiger charge is -2.21. The molecule has 1 saturated heterocycles. The minimum absolute atomic E-state index is 0.188. The molecule has 1 aliphatic rings. The zero-order chi connectivity index (χ0) is 11.7. The highest BCUT2D eigenvalue weighted by molar-refractivity contribution is 5.45. The first kappa shape index (κ1) is 10.2. The van der Waals surface area contributed by atoms with Crippen molar-refractivity contribution >= 4 is 5.65 Å². The van der Waals surface area contributed by atoms with Crippen LogP contribution in [0.2, 0.25) is 0 Å². The van der Waals surface area contributed by atoms with E-state index in [9.17, 15) is 0 Å². The summed E-state index contributed by atoms with van der Waals surface area (Å²) in [5, 5.41) is 16.9. The molecule has 6 heteroatoms. The largest absolute Gasteiger partial charge is 0.376 e. The van der Waals surface area contributed by atoms with Gasteiger partial charge in [-0.2, -0.15) is 5.26 Å². The Hall–Kier alpha value is -1.97. The van der Waals surface area contributed by atoms with Crippen LogP contribution in [0.25, 0.3) is 5.65 Å². The van der Waals surface area contributed by atoms with Crippen LogP contribution in [0.4, 0.5) is 0 Å². The van der Waals surface area contributed by atoms with E-state index in [4.69, 9.17) is 14.7 Å². The van der Waals surface area contributed by atoms with Gasteiger partial charge in [-0.1, -0.05) is 0 Å². The van der Waals surface area contributed by atoms with Crippen molar-refractivity contribution in [2.24, 2.45) is 0 Å². The van der Waals surface area contributed by atoms with Crippen LogP contribution in [0.5, 0.6) is 0 Å². The molecule has 1 unspecified atom stereocenters. The van der Waals surface area contributed by atoms with Crippen molar-refractivity contribution in [3.8, 4) is 6.07 Å². The topological polar surface area (TPSA) is 72.4 Å². The maximum atomic E-state index is 8.80. The molecule has 1 fully saturated rings. The van der Waals surface area contributed by atoms with Crippen molar-refractivity contribution in [1.82, 2.24) is 14.6 Å². The van der Waals surface area contributed by atoms with Gasteiger partial charge in [0.15, 0.2) is 11.5 Å². The zero-order valence-electron chi connectivity index (χ0n) is 9.04. The van der Waals surface area contributed by atoms with Crippen molar-refractivity contribution in [2.75, 3.05) is 19.8 Å². The summed E-state index contributed by atoms with van der Waals surface area (Å²) < 4.78 is 12.7. The summed E-state index contributed by atoms with van der Waals surface area (Å²) >= 11 is 0. The van der Waals surface area contributed by atoms with Crippen LogP contribution < -0.4 is 0 Å². The Morgan fingerprint density at radius 3 is 3.12 bits per heavy atom. The van der Waals surface area contributed by atoms with E-state index in [2.05, 4.69) is 16.3 Å². The van der Waals surface area contributed by atoms with Crippen molar-refractivity contribution in [3.63, 3.8) is 0 Å². The molecule has 6 nitrogen and oxygen atoms in total. The average Bonchev–Trinajstić information content (AvgIpc) is 2.82. The Morgan fingerprint density at radius 1 is 1.41 bits per heavy atom. The van der Waals surface area contributed by atoms with Crippen molar-refractivity contribution < 1.29 is 9.47 Å². The third-order valence-corrected chi connectivity index (χ3v) is 2.67. The first-order valence-electron chi connectivity index (χ1n) is 5.32. The second-order valence-corrected chi connectivity index (χ2v) is 3.75. The standard InChI is InChI=1S/C11H10N4O2/c12-6-8-1-2-15-10(5-8)13-14-11(15)9-7-16-3-4-17-9/h1-2,5,9H,3-4,7H2. The summed E-state index contributed by atoms with van der Waals surface area (Å²) in [7, 11) is 0. The molecule has 3 rings (SSSR count). The van der Waals surface area contributed by atoms with Crippen LogP contribution in [0.1, 0.15) is 17.5 Å². The molecule has 0 aromatic carbocycles. The zero-order valence-corrected chi connectivity index (χ0v) is 9.04. The molecule has 0 saturated carbocycles. The molecule has 2 aromatic heterocycles. The quantitative estimate of drug-likeness (QED) is 0.720. The lowest BCUT2D eigenvalue weighted by Crippen LogP contribution is -2.23. The normalized spacial score (nSPS) is 20.3. The fourth-order valence-electron chi connectivity index (χ4n) is 1.84. The Bertz CT molecular complexity index is 581. The second kappa shape index (κ2) is 4.13. The summed E-state index contributed by atoms with van der Waals surface area (Å²) in [6.45, 7) is 1.67. The van der Waals surface area contributed by atoms with Gasteiger partial charge in [-0.3, -0.25) is 4.40 Å². The fourth-order valence-corrected chi connectivity index (χ4v) is 1.84. The molecule has 0 N–H and O–H groups in total. The van der Waals surface area contributed by atoms with Crippen LogP contribution in [0, 0.1) is 11.3 Å². The minimum Gasteiger partial charge on any atom is -0.376 e. The summed E-state index contributed by atoms with van der Waals surface area (Å²) in [5.74, 6) is 0.712. The molecular weight excluding hydrogens is 220 g/mol.